The monoisotopic (exact) mass is 351 g/mol. The van der Waals surface area contributed by atoms with Crippen LogP contribution >= 0.6 is 11.8 Å². The van der Waals surface area contributed by atoms with E-state index < -0.39 is 0 Å². The highest BCUT2D eigenvalue weighted by Crippen LogP contribution is 2.19. The van der Waals surface area contributed by atoms with E-state index >= 15 is 0 Å². The molecule has 3 aromatic rings. The Morgan fingerprint density at radius 3 is 2.52 bits per heavy atom. The Kier molecular flexibility index (Phi) is 5.24. The van der Waals surface area contributed by atoms with Crippen LogP contribution in [0.1, 0.15) is 27.3 Å². The number of hydrogen-bond donors (Lipinski definition) is 1. The summed E-state index contributed by atoms with van der Waals surface area (Å²) in [6.07, 6.45) is 2.02. The van der Waals surface area contributed by atoms with E-state index in [0.717, 1.165) is 27.5 Å². The van der Waals surface area contributed by atoms with Gasteiger partial charge in [0.05, 0.1) is 12.2 Å². The van der Waals surface area contributed by atoms with Gasteiger partial charge < -0.3 is 5.32 Å². The Balaban J connectivity index is 1.68. The maximum atomic E-state index is 12.4. The molecule has 3 rings (SSSR count). The smallest absolute Gasteiger partial charge is 0.255 e. The molecule has 1 amide bonds. The first-order valence-corrected chi connectivity index (χ1v) is 9.33. The van der Waals surface area contributed by atoms with E-state index in [1.807, 2.05) is 73.3 Å². The maximum Gasteiger partial charge on any atom is 0.255 e. The lowest BCUT2D eigenvalue weighted by Crippen LogP contribution is -2.12. The highest BCUT2D eigenvalue weighted by molar-refractivity contribution is 7.98. The molecule has 0 atom stereocenters. The van der Waals surface area contributed by atoms with Crippen molar-refractivity contribution in [2.24, 2.45) is 0 Å². The zero-order chi connectivity index (χ0) is 17.8. The number of hydrogen-bond acceptors (Lipinski definition) is 3. The van der Waals surface area contributed by atoms with E-state index in [4.69, 9.17) is 0 Å². The van der Waals surface area contributed by atoms with E-state index in [-0.39, 0.29) is 5.91 Å². The SMILES string of the molecule is CSc1cccc(NC(=O)c2ccc(Cn3nc(C)cc3C)cc2)c1. The van der Waals surface area contributed by atoms with Crippen molar-refractivity contribution in [1.29, 1.82) is 0 Å². The summed E-state index contributed by atoms with van der Waals surface area (Å²) in [7, 11) is 0. The molecule has 0 aliphatic heterocycles. The van der Waals surface area contributed by atoms with Gasteiger partial charge in [0, 0.05) is 21.8 Å². The van der Waals surface area contributed by atoms with Crippen LogP contribution in [-0.2, 0) is 6.54 Å². The maximum absolute atomic E-state index is 12.4. The number of benzene rings is 2. The number of thioether (sulfide) groups is 1. The molecule has 128 valence electrons. The van der Waals surface area contributed by atoms with Crippen molar-refractivity contribution in [3.63, 3.8) is 0 Å². The fourth-order valence-corrected chi connectivity index (χ4v) is 3.13. The quantitative estimate of drug-likeness (QED) is 0.687. The summed E-state index contributed by atoms with van der Waals surface area (Å²) in [5.41, 5.74) is 4.72. The normalized spacial score (nSPS) is 10.7. The summed E-state index contributed by atoms with van der Waals surface area (Å²) in [5.74, 6) is -0.101. The fourth-order valence-electron chi connectivity index (χ4n) is 2.67. The van der Waals surface area contributed by atoms with Crippen molar-refractivity contribution in [2.45, 2.75) is 25.3 Å². The molecule has 25 heavy (non-hydrogen) atoms. The number of nitrogens with one attached hydrogen (secondary N) is 1. The number of anilines is 1. The molecule has 0 aliphatic rings. The third-order valence-electron chi connectivity index (χ3n) is 3.98. The topological polar surface area (TPSA) is 46.9 Å². The fraction of sp³-hybridized carbons (Fsp3) is 0.200. The molecule has 0 bridgehead atoms. The second-order valence-electron chi connectivity index (χ2n) is 5.97. The van der Waals surface area contributed by atoms with Gasteiger partial charge in [0.1, 0.15) is 0 Å². The summed E-state index contributed by atoms with van der Waals surface area (Å²) >= 11 is 1.65. The standard InChI is InChI=1S/C20H21N3OS/c1-14-11-15(2)23(22-14)13-16-7-9-17(10-8-16)20(24)21-18-5-4-6-19(12-18)25-3/h4-12H,13H2,1-3H3,(H,21,24). The van der Waals surface area contributed by atoms with Gasteiger partial charge in [0.2, 0.25) is 0 Å². The molecule has 1 aromatic heterocycles. The largest absolute Gasteiger partial charge is 0.322 e. The number of carbonyl (C=O) groups excluding carboxylic acids is 1. The van der Waals surface area contributed by atoms with Crippen LogP contribution in [0, 0.1) is 13.8 Å². The number of aromatic nitrogens is 2. The number of amides is 1. The zero-order valence-electron chi connectivity index (χ0n) is 14.6. The number of aryl methyl sites for hydroxylation is 2. The minimum Gasteiger partial charge on any atom is -0.322 e. The molecule has 4 nitrogen and oxygen atoms in total. The van der Waals surface area contributed by atoms with Crippen molar-refractivity contribution in [2.75, 3.05) is 11.6 Å². The van der Waals surface area contributed by atoms with Gasteiger partial charge in [0.15, 0.2) is 0 Å². The number of nitrogens with zero attached hydrogens (tertiary/aromatic N) is 2. The van der Waals surface area contributed by atoms with Gasteiger partial charge in [-0.05, 0) is 62.1 Å². The first kappa shape index (κ1) is 17.3. The van der Waals surface area contributed by atoms with Crippen molar-refractivity contribution in [3.05, 3.63) is 77.1 Å². The molecule has 1 N–H and O–H groups in total. The predicted molar refractivity (Wildman–Crippen MR) is 103 cm³/mol. The summed E-state index contributed by atoms with van der Waals surface area (Å²) in [5, 5.41) is 7.42. The van der Waals surface area contributed by atoms with Gasteiger partial charge in [-0.3, -0.25) is 9.48 Å². The minimum atomic E-state index is -0.101. The lowest BCUT2D eigenvalue weighted by Gasteiger charge is -2.08. The highest BCUT2D eigenvalue weighted by Gasteiger charge is 2.07. The lowest BCUT2D eigenvalue weighted by molar-refractivity contribution is 0.102. The first-order valence-electron chi connectivity index (χ1n) is 8.10. The summed E-state index contributed by atoms with van der Waals surface area (Å²) in [6, 6.07) is 17.6. The van der Waals surface area contributed by atoms with Gasteiger partial charge in [-0.1, -0.05) is 18.2 Å². The molecular weight excluding hydrogens is 330 g/mol. The Bertz CT molecular complexity index is 884. The molecule has 5 heteroatoms. The predicted octanol–water partition coefficient (Wildman–Crippen LogP) is 4.52. The van der Waals surface area contributed by atoms with Crippen LogP contribution in [0.2, 0.25) is 0 Å². The average molecular weight is 351 g/mol. The van der Waals surface area contributed by atoms with E-state index in [1.54, 1.807) is 11.8 Å². The van der Waals surface area contributed by atoms with Crippen LogP contribution in [0.4, 0.5) is 5.69 Å². The van der Waals surface area contributed by atoms with Gasteiger partial charge in [-0.2, -0.15) is 5.10 Å². The van der Waals surface area contributed by atoms with Crippen LogP contribution < -0.4 is 5.32 Å². The zero-order valence-corrected chi connectivity index (χ0v) is 15.4. The molecular formula is C20H21N3OS. The van der Waals surface area contributed by atoms with E-state index in [2.05, 4.69) is 16.5 Å². The molecule has 0 radical (unpaired) electrons. The molecule has 0 aliphatic carbocycles. The molecule has 0 saturated carbocycles. The van der Waals surface area contributed by atoms with Crippen LogP contribution in [0.15, 0.2) is 59.5 Å². The Morgan fingerprint density at radius 1 is 1.12 bits per heavy atom. The van der Waals surface area contributed by atoms with Crippen molar-refractivity contribution < 1.29 is 4.79 Å². The summed E-state index contributed by atoms with van der Waals surface area (Å²) in [4.78, 5) is 13.5. The van der Waals surface area contributed by atoms with Crippen molar-refractivity contribution in [3.8, 4) is 0 Å². The first-order chi connectivity index (χ1) is 12.0. The Hall–Kier alpha value is -2.53. The third kappa shape index (κ3) is 4.31. The second-order valence-corrected chi connectivity index (χ2v) is 6.85. The molecule has 0 fully saturated rings. The summed E-state index contributed by atoms with van der Waals surface area (Å²) in [6.45, 7) is 4.74. The van der Waals surface area contributed by atoms with Crippen molar-refractivity contribution >= 4 is 23.4 Å². The van der Waals surface area contributed by atoms with Crippen LogP contribution in [0.25, 0.3) is 0 Å². The van der Waals surface area contributed by atoms with Gasteiger partial charge in [0.25, 0.3) is 5.91 Å². The minimum absolute atomic E-state index is 0.101. The third-order valence-corrected chi connectivity index (χ3v) is 4.70. The number of rotatable bonds is 5. The average Bonchev–Trinajstić information content (AvgIpc) is 2.93. The number of carbonyl (C=O) groups is 1. The van der Waals surface area contributed by atoms with Crippen LogP contribution in [0.5, 0.6) is 0 Å². The van der Waals surface area contributed by atoms with Crippen LogP contribution in [0.3, 0.4) is 0 Å². The van der Waals surface area contributed by atoms with E-state index in [0.29, 0.717) is 12.1 Å². The molecule has 0 saturated heterocycles. The Morgan fingerprint density at radius 2 is 1.88 bits per heavy atom. The van der Waals surface area contributed by atoms with Gasteiger partial charge >= 0.3 is 0 Å². The molecule has 2 aromatic carbocycles. The lowest BCUT2D eigenvalue weighted by atomic mass is 10.1. The Labute approximate surface area is 152 Å². The highest BCUT2D eigenvalue weighted by atomic mass is 32.2. The van der Waals surface area contributed by atoms with Crippen molar-refractivity contribution in [1.82, 2.24) is 9.78 Å². The molecule has 0 unspecified atom stereocenters. The van der Waals surface area contributed by atoms with Gasteiger partial charge in [-0.25, -0.2) is 0 Å². The van der Waals surface area contributed by atoms with E-state index in [9.17, 15) is 4.79 Å². The van der Waals surface area contributed by atoms with E-state index in [1.165, 1.54) is 0 Å². The second kappa shape index (κ2) is 7.57. The molecule has 1 heterocycles. The summed E-state index contributed by atoms with van der Waals surface area (Å²) < 4.78 is 1.97. The van der Waals surface area contributed by atoms with Crippen LogP contribution in [-0.4, -0.2) is 21.9 Å². The van der Waals surface area contributed by atoms with Gasteiger partial charge in [-0.15, -0.1) is 11.8 Å². The molecule has 0 spiro atoms.